The number of carbonyl (C=O) groups is 1. The number of amides is 1. The number of benzene rings is 1. The maximum absolute atomic E-state index is 12.2. The molecule has 1 saturated heterocycles. The molecule has 1 amide bonds. The lowest BCUT2D eigenvalue weighted by Gasteiger charge is -2.21. The molecule has 146 valence electrons. The second-order valence-electron chi connectivity index (χ2n) is 6.92. The van der Waals surface area contributed by atoms with E-state index in [1.54, 1.807) is 12.1 Å². The van der Waals surface area contributed by atoms with Gasteiger partial charge in [-0.25, -0.2) is 0 Å². The third-order valence-electron chi connectivity index (χ3n) is 4.98. The van der Waals surface area contributed by atoms with Crippen LogP contribution in [0.2, 0.25) is 0 Å². The SMILES string of the molecule is O=C(N=Nc1c(O)n(CN2CCCCCC2)c2ccc(Br)cc12)c1cccs1. The number of hydrogen-bond donors (Lipinski definition) is 1. The van der Waals surface area contributed by atoms with Crippen LogP contribution in [0.5, 0.6) is 5.88 Å². The Hall–Kier alpha value is -2.03. The van der Waals surface area contributed by atoms with Gasteiger partial charge in [0.15, 0.2) is 5.69 Å². The standard InChI is InChI=1S/C20H21BrN4O2S/c21-14-7-8-16-15(12-14)18(22-23-19(26)17-6-5-11-28-17)20(27)25(16)13-24-9-3-1-2-4-10-24/h5-8,11-12,27H,1-4,9-10,13H2. The molecule has 28 heavy (non-hydrogen) atoms. The Morgan fingerprint density at radius 3 is 2.68 bits per heavy atom. The zero-order valence-electron chi connectivity index (χ0n) is 15.3. The summed E-state index contributed by atoms with van der Waals surface area (Å²) in [4.78, 5) is 15.1. The van der Waals surface area contributed by atoms with Crippen LogP contribution in [0.4, 0.5) is 5.69 Å². The van der Waals surface area contributed by atoms with Crippen molar-refractivity contribution in [2.24, 2.45) is 10.2 Å². The minimum absolute atomic E-state index is 0.0417. The topological polar surface area (TPSA) is 70.2 Å². The molecule has 0 spiro atoms. The molecule has 1 aliphatic heterocycles. The second-order valence-corrected chi connectivity index (χ2v) is 8.78. The number of thiophene rings is 1. The van der Waals surface area contributed by atoms with E-state index in [0.717, 1.165) is 28.5 Å². The number of nitrogens with zero attached hydrogens (tertiary/aromatic N) is 4. The third-order valence-corrected chi connectivity index (χ3v) is 6.34. The molecule has 1 aliphatic rings. The summed E-state index contributed by atoms with van der Waals surface area (Å²) >= 11 is 4.80. The molecule has 0 atom stereocenters. The number of aromatic hydroxyl groups is 1. The molecule has 0 saturated carbocycles. The number of hydrogen-bond acceptors (Lipinski definition) is 5. The Bertz CT molecular complexity index is 1010. The first kappa shape index (κ1) is 19.3. The fourth-order valence-electron chi connectivity index (χ4n) is 3.56. The van der Waals surface area contributed by atoms with Crippen molar-refractivity contribution in [1.82, 2.24) is 9.47 Å². The molecular formula is C20H21BrN4O2S. The molecule has 0 unspecified atom stereocenters. The molecule has 0 bridgehead atoms. The predicted octanol–water partition coefficient (Wildman–Crippen LogP) is 5.93. The summed E-state index contributed by atoms with van der Waals surface area (Å²) in [6, 6.07) is 9.31. The summed E-state index contributed by atoms with van der Waals surface area (Å²) in [7, 11) is 0. The summed E-state index contributed by atoms with van der Waals surface area (Å²) in [5.74, 6) is -0.363. The Morgan fingerprint density at radius 2 is 1.96 bits per heavy atom. The van der Waals surface area contributed by atoms with Gasteiger partial charge in [0, 0.05) is 9.86 Å². The van der Waals surface area contributed by atoms with E-state index in [1.165, 1.54) is 37.0 Å². The highest BCUT2D eigenvalue weighted by Gasteiger charge is 2.20. The van der Waals surface area contributed by atoms with Crippen LogP contribution in [0.25, 0.3) is 10.9 Å². The molecule has 1 N–H and O–H groups in total. The number of carbonyl (C=O) groups excluding carboxylic acids is 1. The maximum atomic E-state index is 12.2. The minimum Gasteiger partial charge on any atom is -0.493 e. The fraction of sp³-hybridized carbons (Fsp3) is 0.350. The molecule has 2 aromatic heterocycles. The average Bonchev–Trinajstić information content (AvgIpc) is 3.21. The average molecular weight is 461 g/mol. The third kappa shape index (κ3) is 4.04. The normalized spacial score (nSPS) is 16.0. The van der Waals surface area contributed by atoms with Crippen LogP contribution in [-0.2, 0) is 6.67 Å². The van der Waals surface area contributed by atoms with E-state index in [9.17, 15) is 9.90 Å². The quantitative estimate of drug-likeness (QED) is 0.490. The Balaban J connectivity index is 1.70. The summed E-state index contributed by atoms with van der Waals surface area (Å²) in [5, 5.41) is 21.5. The van der Waals surface area contributed by atoms with E-state index in [-0.39, 0.29) is 5.88 Å². The number of aromatic nitrogens is 1. The van der Waals surface area contributed by atoms with Crippen LogP contribution in [0.15, 0.2) is 50.4 Å². The lowest BCUT2D eigenvalue weighted by molar-refractivity contribution is 0.0999. The van der Waals surface area contributed by atoms with Crippen LogP contribution in [0.3, 0.4) is 0 Å². The molecule has 0 radical (unpaired) electrons. The highest BCUT2D eigenvalue weighted by atomic mass is 79.9. The van der Waals surface area contributed by atoms with Crippen molar-refractivity contribution in [2.45, 2.75) is 32.4 Å². The van der Waals surface area contributed by atoms with Crippen LogP contribution in [0, 0.1) is 0 Å². The highest BCUT2D eigenvalue weighted by Crippen LogP contribution is 2.40. The van der Waals surface area contributed by atoms with Crippen LogP contribution >= 0.6 is 27.3 Å². The van der Waals surface area contributed by atoms with Gasteiger partial charge in [0.25, 0.3) is 0 Å². The largest absolute Gasteiger partial charge is 0.493 e. The number of rotatable bonds is 4. The van der Waals surface area contributed by atoms with Gasteiger partial charge in [-0.15, -0.1) is 21.6 Å². The smallest absolute Gasteiger partial charge is 0.305 e. The highest BCUT2D eigenvalue weighted by molar-refractivity contribution is 9.10. The maximum Gasteiger partial charge on any atom is 0.305 e. The van der Waals surface area contributed by atoms with Gasteiger partial charge in [0.1, 0.15) is 0 Å². The van der Waals surface area contributed by atoms with E-state index in [1.807, 2.05) is 28.1 Å². The van der Waals surface area contributed by atoms with Gasteiger partial charge in [-0.3, -0.25) is 14.3 Å². The van der Waals surface area contributed by atoms with Crippen molar-refractivity contribution in [3.05, 3.63) is 45.1 Å². The van der Waals surface area contributed by atoms with Crippen molar-refractivity contribution < 1.29 is 9.90 Å². The van der Waals surface area contributed by atoms with E-state index < -0.39 is 5.91 Å². The van der Waals surface area contributed by atoms with Gasteiger partial charge >= 0.3 is 5.91 Å². The lowest BCUT2D eigenvalue weighted by Crippen LogP contribution is -2.27. The Labute approximate surface area is 175 Å². The molecule has 3 aromatic rings. The molecular weight excluding hydrogens is 440 g/mol. The van der Waals surface area contributed by atoms with Gasteiger partial charge in [0.2, 0.25) is 5.88 Å². The van der Waals surface area contributed by atoms with E-state index >= 15 is 0 Å². The summed E-state index contributed by atoms with van der Waals surface area (Å²) in [5.41, 5.74) is 1.21. The fourth-order valence-corrected chi connectivity index (χ4v) is 4.52. The van der Waals surface area contributed by atoms with Gasteiger partial charge in [-0.05, 0) is 55.6 Å². The Kier molecular flexibility index (Phi) is 5.89. The lowest BCUT2D eigenvalue weighted by atomic mass is 10.2. The monoisotopic (exact) mass is 460 g/mol. The molecule has 6 nitrogen and oxygen atoms in total. The van der Waals surface area contributed by atoms with Gasteiger partial charge < -0.3 is 5.11 Å². The van der Waals surface area contributed by atoms with Crippen molar-refractivity contribution >= 4 is 49.8 Å². The first-order valence-electron chi connectivity index (χ1n) is 9.36. The van der Waals surface area contributed by atoms with Crippen molar-refractivity contribution in [3.63, 3.8) is 0 Å². The van der Waals surface area contributed by atoms with Crippen LogP contribution in [-0.4, -0.2) is 33.6 Å². The zero-order valence-corrected chi connectivity index (χ0v) is 17.7. The van der Waals surface area contributed by atoms with Gasteiger partial charge in [-0.1, -0.05) is 34.8 Å². The summed E-state index contributed by atoms with van der Waals surface area (Å²) in [6.45, 7) is 2.63. The van der Waals surface area contributed by atoms with E-state index in [4.69, 9.17) is 0 Å². The first-order chi connectivity index (χ1) is 13.6. The van der Waals surface area contributed by atoms with Crippen molar-refractivity contribution in [3.8, 4) is 5.88 Å². The molecule has 1 aromatic carbocycles. The van der Waals surface area contributed by atoms with E-state index in [2.05, 4.69) is 31.1 Å². The number of azo groups is 1. The molecule has 8 heteroatoms. The molecule has 0 aliphatic carbocycles. The summed E-state index contributed by atoms with van der Waals surface area (Å²) in [6.07, 6.45) is 4.86. The van der Waals surface area contributed by atoms with Crippen molar-refractivity contribution in [1.29, 1.82) is 0 Å². The van der Waals surface area contributed by atoms with Gasteiger partial charge in [-0.2, -0.15) is 0 Å². The van der Waals surface area contributed by atoms with E-state index in [0.29, 0.717) is 17.2 Å². The number of halogens is 1. The molecule has 4 rings (SSSR count). The Morgan fingerprint density at radius 1 is 1.18 bits per heavy atom. The van der Waals surface area contributed by atoms with Crippen LogP contribution < -0.4 is 0 Å². The second kappa shape index (κ2) is 8.55. The predicted molar refractivity (Wildman–Crippen MR) is 115 cm³/mol. The number of likely N-dealkylation sites (tertiary alicyclic amines) is 1. The molecule has 1 fully saturated rings. The van der Waals surface area contributed by atoms with Crippen LogP contribution in [0.1, 0.15) is 35.4 Å². The van der Waals surface area contributed by atoms with Gasteiger partial charge in [0.05, 0.1) is 17.1 Å². The first-order valence-corrected chi connectivity index (χ1v) is 11.0. The van der Waals surface area contributed by atoms with Crippen molar-refractivity contribution in [2.75, 3.05) is 13.1 Å². The minimum atomic E-state index is -0.405. The number of fused-ring (bicyclic) bond motifs is 1. The molecule has 3 heterocycles. The zero-order chi connectivity index (χ0) is 19.5. The summed E-state index contributed by atoms with van der Waals surface area (Å²) < 4.78 is 2.74.